The Labute approximate surface area is 134 Å². The minimum Gasteiger partial charge on any atom is -0.450 e. The Hall–Kier alpha value is -2.35. The fraction of sp³-hybridized carbons (Fsp3) is 0.357. The zero-order chi connectivity index (χ0) is 16.6. The number of rotatable bonds is 3. The highest BCUT2D eigenvalue weighted by Gasteiger charge is 2.28. The largest absolute Gasteiger partial charge is 0.507 e. The first-order valence-electron chi connectivity index (χ1n) is 6.97. The van der Waals surface area contributed by atoms with E-state index < -0.39 is 23.9 Å². The maximum Gasteiger partial charge on any atom is 0.507 e. The Morgan fingerprint density at radius 1 is 1.52 bits per heavy atom. The molecule has 0 amide bonds. The third kappa shape index (κ3) is 3.07. The van der Waals surface area contributed by atoms with Crippen LogP contribution >= 0.6 is 11.6 Å². The van der Waals surface area contributed by atoms with Crippen molar-refractivity contribution < 1.29 is 19.0 Å². The van der Waals surface area contributed by atoms with Gasteiger partial charge >= 0.3 is 11.8 Å². The van der Waals surface area contributed by atoms with Crippen molar-refractivity contribution in [3.05, 3.63) is 50.9 Å². The van der Waals surface area contributed by atoms with Crippen molar-refractivity contribution in [3.63, 3.8) is 0 Å². The van der Waals surface area contributed by atoms with E-state index in [2.05, 4.69) is 5.10 Å². The summed E-state index contributed by atoms with van der Waals surface area (Å²) in [5.74, 6) is -0.00381. The van der Waals surface area contributed by atoms with Crippen molar-refractivity contribution >= 4 is 17.8 Å². The molecule has 0 saturated heterocycles. The SMILES string of the molecule is O=C(O)O[C@H]1CCCc2nn(Cc3ccc(F)cc3Cl)c(=O)n21. The Morgan fingerprint density at radius 2 is 2.30 bits per heavy atom. The summed E-state index contributed by atoms with van der Waals surface area (Å²) >= 11 is 5.96. The predicted octanol–water partition coefficient (Wildman–Crippen LogP) is 2.42. The van der Waals surface area contributed by atoms with Crippen LogP contribution in [-0.2, 0) is 17.7 Å². The number of aromatic nitrogens is 3. The maximum atomic E-state index is 13.1. The summed E-state index contributed by atoms with van der Waals surface area (Å²) in [7, 11) is 0. The monoisotopic (exact) mass is 341 g/mol. The van der Waals surface area contributed by atoms with Crippen LogP contribution in [0.3, 0.4) is 0 Å². The second kappa shape index (κ2) is 6.04. The quantitative estimate of drug-likeness (QED) is 0.866. The number of carboxylic acid groups (broad SMARTS) is 1. The van der Waals surface area contributed by atoms with Gasteiger partial charge in [-0.1, -0.05) is 17.7 Å². The lowest BCUT2D eigenvalue weighted by molar-refractivity contribution is 0.00392. The molecule has 1 N–H and O–H groups in total. The summed E-state index contributed by atoms with van der Waals surface area (Å²) in [5, 5.41) is 13.2. The molecule has 0 aliphatic carbocycles. The molecule has 0 saturated carbocycles. The van der Waals surface area contributed by atoms with E-state index in [1.54, 1.807) is 0 Å². The first-order chi connectivity index (χ1) is 11.0. The van der Waals surface area contributed by atoms with Gasteiger partial charge in [-0.15, -0.1) is 0 Å². The molecule has 1 aromatic carbocycles. The van der Waals surface area contributed by atoms with Crippen LogP contribution in [0.5, 0.6) is 0 Å². The minimum absolute atomic E-state index is 0.0672. The van der Waals surface area contributed by atoms with E-state index in [1.165, 1.54) is 21.4 Å². The number of ether oxygens (including phenoxy) is 1. The maximum absolute atomic E-state index is 13.1. The fourth-order valence-corrected chi connectivity index (χ4v) is 2.86. The number of benzene rings is 1. The second-order valence-corrected chi connectivity index (χ2v) is 5.60. The number of carbonyl (C=O) groups is 1. The molecule has 3 rings (SSSR count). The third-order valence-corrected chi connectivity index (χ3v) is 4.00. The van der Waals surface area contributed by atoms with E-state index in [1.807, 2.05) is 0 Å². The highest BCUT2D eigenvalue weighted by atomic mass is 35.5. The zero-order valence-corrected chi connectivity index (χ0v) is 12.7. The summed E-state index contributed by atoms with van der Waals surface area (Å²) < 4.78 is 20.3. The van der Waals surface area contributed by atoms with Crippen LogP contribution in [0.25, 0.3) is 0 Å². The number of hydrogen-bond acceptors (Lipinski definition) is 4. The smallest absolute Gasteiger partial charge is 0.450 e. The van der Waals surface area contributed by atoms with E-state index in [0.717, 1.165) is 6.07 Å². The van der Waals surface area contributed by atoms with E-state index in [0.29, 0.717) is 30.7 Å². The molecule has 0 fully saturated rings. The van der Waals surface area contributed by atoms with Crippen LogP contribution in [0.15, 0.2) is 23.0 Å². The van der Waals surface area contributed by atoms with Crippen molar-refractivity contribution in [3.8, 4) is 0 Å². The van der Waals surface area contributed by atoms with Crippen molar-refractivity contribution in [1.29, 1.82) is 0 Å². The highest BCUT2D eigenvalue weighted by Crippen LogP contribution is 2.23. The normalized spacial score (nSPS) is 16.9. The predicted molar refractivity (Wildman–Crippen MR) is 78.1 cm³/mol. The van der Waals surface area contributed by atoms with Crippen LogP contribution in [-0.4, -0.2) is 25.6 Å². The van der Waals surface area contributed by atoms with Gasteiger partial charge in [-0.2, -0.15) is 5.10 Å². The summed E-state index contributed by atoms with van der Waals surface area (Å²) in [4.78, 5) is 23.2. The van der Waals surface area contributed by atoms with Gasteiger partial charge in [0.15, 0.2) is 6.23 Å². The van der Waals surface area contributed by atoms with Crippen molar-refractivity contribution in [2.75, 3.05) is 0 Å². The molecule has 1 atom stereocenters. The lowest BCUT2D eigenvalue weighted by Gasteiger charge is -2.21. The Balaban J connectivity index is 1.95. The Morgan fingerprint density at radius 3 is 3.00 bits per heavy atom. The second-order valence-electron chi connectivity index (χ2n) is 5.19. The Kier molecular flexibility index (Phi) is 4.08. The molecule has 9 heteroatoms. The topological polar surface area (TPSA) is 86.3 Å². The van der Waals surface area contributed by atoms with Gasteiger partial charge < -0.3 is 9.84 Å². The van der Waals surface area contributed by atoms with Gasteiger partial charge in [0.2, 0.25) is 0 Å². The number of halogens is 2. The van der Waals surface area contributed by atoms with Crippen LogP contribution in [0.2, 0.25) is 5.02 Å². The highest BCUT2D eigenvalue weighted by molar-refractivity contribution is 6.31. The van der Waals surface area contributed by atoms with E-state index in [-0.39, 0.29) is 11.6 Å². The summed E-state index contributed by atoms with van der Waals surface area (Å²) in [6.45, 7) is 0.0672. The molecule has 1 aliphatic heterocycles. The van der Waals surface area contributed by atoms with Gasteiger partial charge in [0.05, 0.1) is 6.54 Å². The molecule has 1 aromatic heterocycles. The number of nitrogens with zero attached hydrogens (tertiary/aromatic N) is 3. The summed E-state index contributed by atoms with van der Waals surface area (Å²) in [6.07, 6.45) is -0.669. The van der Waals surface area contributed by atoms with Gasteiger partial charge in [-0.25, -0.2) is 23.2 Å². The van der Waals surface area contributed by atoms with Crippen molar-refractivity contribution in [2.24, 2.45) is 0 Å². The van der Waals surface area contributed by atoms with Crippen LogP contribution in [0.1, 0.15) is 30.5 Å². The van der Waals surface area contributed by atoms with E-state index >= 15 is 0 Å². The number of hydrogen-bond donors (Lipinski definition) is 1. The van der Waals surface area contributed by atoms with Gasteiger partial charge in [0, 0.05) is 17.9 Å². The molecule has 0 spiro atoms. The average Bonchev–Trinajstić information content (AvgIpc) is 2.79. The van der Waals surface area contributed by atoms with Crippen molar-refractivity contribution in [2.45, 2.75) is 32.0 Å². The van der Waals surface area contributed by atoms with Gasteiger partial charge in [0.1, 0.15) is 11.6 Å². The van der Waals surface area contributed by atoms with Gasteiger partial charge in [0.25, 0.3) is 0 Å². The van der Waals surface area contributed by atoms with E-state index in [4.69, 9.17) is 21.4 Å². The zero-order valence-electron chi connectivity index (χ0n) is 11.9. The first kappa shape index (κ1) is 15.5. The van der Waals surface area contributed by atoms with Crippen molar-refractivity contribution in [1.82, 2.24) is 14.3 Å². The summed E-state index contributed by atoms with van der Waals surface area (Å²) in [6, 6.07) is 3.89. The minimum atomic E-state index is -1.44. The molecule has 0 radical (unpaired) electrons. The van der Waals surface area contributed by atoms with Gasteiger partial charge in [-0.05, 0) is 24.1 Å². The molecular formula is C14H13ClFN3O4. The molecule has 7 nitrogen and oxygen atoms in total. The van der Waals surface area contributed by atoms with E-state index in [9.17, 15) is 14.0 Å². The van der Waals surface area contributed by atoms with Crippen LogP contribution in [0.4, 0.5) is 9.18 Å². The number of fused-ring (bicyclic) bond motifs is 1. The standard InChI is InChI=1S/C14H13ClFN3O4/c15-10-6-9(16)5-4-8(10)7-18-13(20)19-11(17-18)2-1-3-12(19)23-14(21)22/h4-6,12H,1-3,7H2,(H,21,22)/t12-/m0/s1. The molecule has 23 heavy (non-hydrogen) atoms. The molecule has 0 bridgehead atoms. The molecule has 122 valence electrons. The first-order valence-corrected chi connectivity index (χ1v) is 7.35. The summed E-state index contributed by atoms with van der Waals surface area (Å²) in [5.41, 5.74) is 0.0626. The Bertz CT molecular complexity index is 817. The van der Waals surface area contributed by atoms with Crippen LogP contribution < -0.4 is 5.69 Å². The molecule has 2 heterocycles. The van der Waals surface area contributed by atoms with Crippen LogP contribution in [0, 0.1) is 5.82 Å². The lowest BCUT2D eigenvalue weighted by Crippen LogP contribution is -2.33. The molecular weight excluding hydrogens is 329 g/mol. The third-order valence-electron chi connectivity index (χ3n) is 3.65. The molecule has 0 unspecified atom stereocenters. The fourth-order valence-electron chi connectivity index (χ4n) is 2.63. The lowest BCUT2D eigenvalue weighted by atomic mass is 10.1. The average molecular weight is 342 g/mol. The molecule has 1 aliphatic rings. The van der Waals surface area contributed by atoms with Gasteiger partial charge in [-0.3, -0.25) is 0 Å². The number of aryl methyl sites for hydroxylation is 1. The molecule has 2 aromatic rings.